The zero-order chi connectivity index (χ0) is 13.3. The number of benzene rings is 1. The van der Waals surface area contributed by atoms with E-state index in [0.29, 0.717) is 0 Å². The lowest BCUT2D eigenvalue weighted by Gasteiger charge is -2.43. The van der Waals surface area contributed by atoms with Crippen molar-refractivity contribution in [2.24, 2.45) is 11.3 Å². The fourth-order valence-electron chi connectivity index (χ4n) is 2.88. The van der Waals surface area contributed by atoms with Crippen LogP contribution >= 0.6 is 0 Å². The molecule has 96 valence electrons. The average Bonchev–Trinajstić information content (AvgIpc) is 2.31. The van der Waals surface area contributed by atoms with Crippen molar-refractivity contribution in [1.29, 1.82) is 5.26 Å². The first-order valence-corrected chi connectivity index (χ1v) is 6.66. The van der Waals surface area contributed by atoms with Gasteiger partial charge in [0, 0.05) is 18.8 Å². The molecule has 1 aromatic rings. The van der Waals surface area contributed by atoms with Gasteiger partial charge in [0.1, 0.15) is 0 Å². The van der Waals surface area contributed by atoms with Gasteiger partial charge in [-0.15, -0.1) is 0 Å². The van der Waals surface area contributed by atoms with Crippen LogP contribution in [0.1, 0.15) is 31.4 Å². The molecule has 0 N–H and O–H groups in total. The third kappa shape index (κ3) is 2.22. The van der Waals surface area contributed by atoms with Gasteiger partial charge in [0.15, 0.2) is 0 Å². The number of hydrogen-bond acceptors (Lipinski definition) is 2. The van der Waals surface area contributed by atoms with Crippen molar-refractivity contribution in [3.05, 3.63) is 29.3 Å². The first-order chi connectivity index (χ1) is 8.45. The molecule has 0 radical (unpaired) electrons. The fraction of sp³-hybridized carbons (Fsp3) is 0.562. The Morgan fingerprint density at radius 2 is 2.06 bits per heavy atom. The van der Waals surface area contributed by atoms with E-state index in [1.54, 1.807) is 0 Å². The van der Waals surface area contributed by atoms with E-state index in [0.717, 1.165) is 19.5 Å². The van der Waals surface area contributed by atoms with Crippen LogP contribution in [0.4, 0.5) is 5.69 Å². The summed E-state index contributed by atoms with van der Waals surface area (Å²) in [7, 11) is 0. The molecular formula is C16H22N2. The minimum atomic E-state index is 0.0726. The Bertz CT molecular complexity index is 482. The summed E-state index contributed by atoms with van der Waals surface area (Å²) in [4.78, 5) is 2.44. The number of hydrogen-bond donors (Lipinski definition) is 0. The highest BCUT2D eigenvalue weighted by Gasteiger charge is 2.36. The fourth-order valence-corrected chi connectivity index (χ4v) is 2.88. The van der Waals surface area contributed by atoms with Crippen molar-refractivity contribution >= 4 is 5.69 Å². The van der Waals surface area contributed by atoms with E-state index < -0.39 is 0 Å². The molecule has 0 aromatic heterocycles. The molecule has 0 saturated carbocycles. The minimum Gasteiger partial charge on any atom is -0.371 e. The second-order valence-corrected chi connectivity index (χ2v) is 6.10. The zero-order valence-electron chi connectivity index (χ0n) is 11.8. The summed E-state index contributed by atoms with van der Waals surface area (Å²) in [5, 5.41) is 9.21. The second kappa shape index (κ2) is 4.65. The monoisotopic (exact) mass is 242 g/mol. The maximum atomic E-state index is 9.21. The van der Waals surface area contributed by atoms with Crippen LogP contribution in [0.25, 0.3) is 0 Å². The molecular weight excluding hydrogens is 220 g/mol. The van der Waals surface area contributed by atoms with Gasteiger partial charge in [-0.25, -0.2) is 0 Å². The first-order valence-electron chi connectivity index (χ1n) is 6.66. The van der Waals surface area contributed by atoms with Crippen molar-refractivity contribution in [2.75, 3.05) is 18.0 Å². The van der Waals surface area contributed by atoms with Gasteiger partial charge in [0.2, 0.25) is 0 Å². The third-order valence-corrected chi connectivity index (χ3v) is 4.30. The number of anilines is 1. The molecule has 0 bridgehead atoms. The largest absolute Gasteiger partial charge is 0.371 e. The van der Waals surface area contributed by atoms with Crippen LogP contribution in [0.5, 0.6) is 0 Å². The lowest BCUT2D eigenvalue weighted by atomic mass is 9.74. The van der Waals surface area contributed by atoms with Gasteiger partial charge in [-0.1, -0.05) is 26.0 Å². The molecule has 2 nitrogen and oxygen atoms in total. The van der Waals surface area contributed by atoms with Crippen LogP contribution in [-0.4, -0.2) is 13.1 Å². The molecule has 1 unspecified atom stereocenters. The van der Waals surface area contributed by atoms with Crippen LogP contribution in [0.3, 0.4) is 0 Å². The molecule has 2 heteroatoms. The standard InChI is InChI=1S/C16H22N2/c1-12-6-5-7-15(13(12)2)18-9-8-14(10-17)16(3,4)11-18/h5-7,14H,8-9,11H2,1-4H3. The van der Waals surface area contributed by atoms with E-state index in [1.165, 1.54) is 16.8 Å². The van der Waals surface area contributed by atoms with Crippen molar-refractivity contribution < 1.29 is 0 Å². The van der Waals surface area contributed by atoms with Crippen LogP contribution in [0.2, 0.25) is 0 Å². The Morgan fingerprint density at radius 1 is 1.33 bits per heavy atom. The van der Waals surface area contributed by atoms with Gasteiger partial charge in [-0.3, -0.25) is 0 Å². The number of nitrogens with zero attached hydrogens (tertiary/aromatic N) is 2. The average molecular weight is 242 g/mol. The molecule has 18 heavy (non-hydrogen) atoms. The Kier molecular flexibility index (Phi) is 3.34. The van der Waals surface area contributed by atoms with Gasteiger partial charge >= 0.3 is 0 Å². The highest BCUT2D eigenvalue weighted by atomic mass is 15.1. The number of rotatable bonds is 1. The SMILES string of the molecule is Cc1cccc(N2CCC(C#N)C(C)(C)C2)c1C. The molecule has 0 spiro atoms. The molecule has 1 fully saturated rings. The lowest BCUT2D eigenvalue weighted by molar-refractivity contribution is 0.226. The lowest BCUT2D eigenvalue weighted by Crippen LogP contribution is -2.45. The highest BCUT2D eigenvalue weighted by molar-refractivity contribution is 5.56. The Hall–Kier alpha value is -1.49. The summed E-state index contributed by atoms with van der Waals surface area (Å²) in [5.74, 6) is 0.180. The predicted molar refractivity (Wildman–Crippen MR) is 75.6 cm³/mol. The number of nitriles is 1. The van der Waals surface area contributed by atoms with Gasteiger partial charge in [-0.05, 0) is 42.9 Å². The Balaban J connectivity index is 2.27. The molecule has 0 amide bonds. The molecule has 1 aliphatic heterocycles. The van der Waals surface area contributed by atoms with E-state index in [1.807, 2.05) is 0 Å². The quantitative estimate of drug-likeness (QED) is 0.751. The Morgan fingerprint density at radius 3 is 2.67 bits per heavy atom. The van der Waals surface area contributed by atoms with Crippen LogP contribution < -0.4 is 4.90 Å². The van der Waals surface area contributed by atoms with E-state index in [4.69, 9.17) is 0 Å². The van der Waals surface area contributed by atoms with Crippen molar-refractivity contribution in [1.82, 2.24) is 0 Å². The minimum absolute atomic E-state index is 0.0726. The van der Waals surface area contributed by atoms with E-state index in [2.05, 4.69) is 56.9 Å². The molecule has 1 aliphatic rings. The summed E-state index contributed by atoms with van der Waals surface area (Å²) in [6, 6.07) is 8.95. The summed E-state index contributed by atoms with van der Waals surface area (Å²) >= 11 is 0. The number of piperidine rings is 1. The van der Waals surface area contributed by atoms with E-state index in [-0.39, 0.29) is 11.3 Å². The zero-order valence-corrected chi connectivity index (χ0v) is 11.8. The Labute approximate surface area is 110 Å². The first kappa shape index (κ1) is 13.0. The molecule has 2 rings (SSSR count). The maximum absolute atomic E-state index is 9.21. The highest BCUT2D eigenvalue weighted by Crippen LogP contribution is 2.37. The summed E-state index contributed by atoms with van der Waals surface area (Å²) in [6.45, 7) is 10.7. The van der Waals surface area contributed by atoms with Gasteiger partial charge in [0.25, 0.3) is 0 Å². The molecule has 0 aliphatic carbocycles. The molecule has 1 atom stereocenters. The smallest absolute Gasteiger partial charge is 0.0662 e. The van der Waals surface area contributed by atoms with Gasteiger partial charge < -0.3 is 4.90 Å². The third-order valence-electron chi connectivity index (χ3n) is 4.30. The second-order valence-electron chi connectivity index (χ2n) is 6.10. The normalized spacial score (nSPS) is 22.6. The maximum Gasteiger partial charge on any atom is 0.0662 e. The van der Waals surface area contributed by atoms with Crippen LogP contribution in [0.15, 0.2) is 18.2 Å². The van der Waals surface area contributed by atoms with Crippen molar-refractivity contribution in [3.8, 4) is 6.07 Å². The predicted octanol–water partition coefficient (Wildman–Crippen LogP) is 3.68. The van der Waals surface area contributed by atoms with E-state index in [9.17, 15) is 5.26 Å². The van der Waals surface area contributed by atoms with Crippen LogP contribution in [-0.2, 0) is 0 Å². The summed E-state index contributed by atoms with van der Waals surface area (Å²) in [5.41, 5.74) is 4.11. The number of aryl methyl sites for hydroxylation is 1. The van der Waals surface area contributed by atoms with Crippen LogP contribution in [0, 0.1) is 36.5 Å². The van der Waals surface area contributed by atoms with Crippen molar-refractivity contribution in [2.45, 2.75) is 34.1 Å². The van der Waals surface area contributed by atoms with Gasteiger partial charge in [0.05, 0.1) is 12.0 Å². The summed E-state index contributed by atoms with van der Waals surface area (Å²) < 4.78 is 0. The summed E-state index contributed by atoms with van der Waals surface area (Å²) in [6.07, 6.45) is 0.969. The van der Waals surface area contributed by atoms with Crippen molar-refractivity contribution in [3.63, 3.8) is 0 Å². The van der Waals surface area contributed by atoms with Gasteiger partial charge in [-0.2, -0.15) is 5.26 Å². The molecule has 1 aromatic carbocycles. The molecule has 1 heterocycles. The van der Waals surface area contributed by atoms with E-state index >= 15 is 0 Å². The molecule has 1 saturated heterocycles. The topological polar surface area (TPSA) is 27.0 Å².